The predicted octanol–water partition coefficient (Wildman–Crippen LogP) is 4.27. The van der Waals surface area contributed by atoms with Gasteiger partial charge in [-0.1, -0.05) is 62.4 Å². The monoisotopic (exact) mass is 299 g/mol. The van der Waals surface area contributed by atoms with Gasteiger partial charge in [-0.25, -0.2) is 0 Å². The van der Waals surface area contributed by atoms with Crippen LogP contribution in [0.2, 0.25) is 5.02 Å². The lowest BCUT2D eigenvalue weighted by molar-refractivity contribution is 0.978. The zero-order valence-electron chi connectivity index (χ0n) is 12.2. The quantitative estimate of drug-likeness (QED) is 0.772. The Bertz CT molecular complexity index is 705. The molecule has 1 aliphatic rings. The molecule has 3 rings (SSSR count). The van der Waals surface area contributed by atoms with Crippen molar-refractivity contribution in [2.75, 3.05) is 5.73 Å². The van der Waals surface area contributed by atoms with E-state index in [2.05, 4.69) is 17.1 Å². The van der Waals surface area contributed by atoms with Gasteiger partial charge in [-0.15, -0.1) is 0 Å². The fourth-order valence-corrected chi connectivity index (χ4v) is 2.23. The number of nitrogens with two attached hydrogens (primary N) is 1. The molecule has 0 fully saturated rings. The first-order valence-electron chi connectivity index (χ1n) is 6.84. The van der Waals surface area contributed by atoms with Crippen molar-refractivity contribution in [3.05, 3.63) is 70.8 Å². The molecule has 0 spiro atoms. The highest BCUT2D eigenvalue weighted by Crippen LogP contribution is 2.26. The van der Waals surface area contributed by atoms with E-state index in [9.17, 15) is 0 Å². The molecule has 1 heterocycles. The summed E-state index contributed by atoms with van der Waals surface area (Å²) in [7, 11) is 0. The highest BCUT2D eigenvalue weighted by Gasteiger charge is 2.18. The fraction of sp³-hybridized carbons (Fsp3) is 0.118. The molecule has 0 aromatic heterocycles. The average molecular weight is 300 g/mol. The SMILES string of the molecule is C=C1NN=C(c2ccc(Cl)c(N)c2)c2ccccc21.CC. The Morgan fingerprint density at radius 1 is 1.10 bits per heavy atom. The van der Waals surface area contributed by atoms with Gasteiger partial charge in [-0.2, -0.15) is 5.10 Å². The van der Waals surface area contributed by atoms with Crippen LogP contribution in [0.15, 0.2) is 54.1 Å². The molecule has 3 nitrogen and oxygen atoms in total. The van der Waals surface area contributed by atoms with E-state index in [0.29, 0.717) is 10.7 Å². The Balaban J connectivity index is 0.000000774. The third-order valence-corrected chi connectivity index (χ3v) is 3.42. The van der Waals surface area contributed by atoms with Crippen LogP contribution in [0.4, 0.5) is 5.69 Å². The molecule has 2 aromatic carbocycles. The lowest BCUT2D eigenvalue weighted by Crippen LogP contribution is -2.19. The molecule has 108 valence electrons. The number of hydrazone groups is 1. The minimum absolute atomic E-state index is 0.545. The minimum atomic E-state index is 0.545. The molecule has 0 atom stereocenters. The number of hydrogen-bond donors (Lipinski definition) is 2. The van der Waals surface area contributed by atoms with E-state index in [0.717, 1.165) is 28.1 Å². The molecule has 3 N–H and O–H groups in total. The highest BCUT2D eigenvalue weighted by molar-refractivity contribution is 6.33. The van der Waals surface area contributed by atoms with Crippen molar-refractivity contribution in [1.29, 1.82) is 0 Å². The number of anilines is 1. The first-order chi connectivity index (χ1) is 10.2. The number of nitrogens with one attached hydrogen (secondary N) is 1. The second-order valence-corrected chi connectivity index (χ2v) is 4.74. The van der Waals surface area contributed by atoms with Crippen molar-refractivity contribution >= 4 is 28.7 Å². The Morgan fingerprint density at radius 3 is 2.43 bits per heavy atom. The molecule has 0 saturated carbocycles. The largest absolute Gasteiger partial charge is 0.398 e. The number of hydrogen-bond acceptors (Lipinski definition) is 3. The molecule has 2 aromatic rings. The lowest BCUT2D eigenvalue weighted by Gasteiger charge is -2.19. The second-order valence-electron chi connectivity index (χ2n) is 4.33. The van der Waals surface area contributed by atoms with Gasteiger partial charge < -0.3 is 5.73 Å². The van der Waals surface area contributed by atoms with E-state index >= 15 is 0 Å². The summed E-state index contributed by atoms with van der Waals surface area (Å²) in [6.07, 6.45) is 0. The molecule has 0 saturated heterocycles. The van der Waals surface area contributed by atoms with Gasteiger partial charge in [0.1, 0.15) is 0 Å². The third kappa shape index (κ3) is 2.93. The standard InChI is InChI=1S/C15H12ClN3.C2H6/c1-9-11-4-2-3-5-12(11)15(19-18-9)10-6-7-13(16)14(17)8-10;1-2/h2-8,18H,1,17H2;1-2H3. The summed E-state index contributed by atoms with van der Waals surface area (Å²) in [6.45, 7) is 7.95. The summed E-state index contributed by atoms with van der Waals surface area (Å²) in [5.41, 5.74) is 14.0. The summed E-state index contributed by atoms with van der Waals surface area (Å²) >= 11 is 5.95. The van der Waals surface area contributed by atoms with Crippen LogP contribution in [0.25, 0.3) is 5.70 Å². The maximum absolute atomic E-state index is 5.95. The Kier molecular flexibility index (Phi) is 4.66. The van der Waals surface area contributed by atoms with Crippen LogP contribution < -0.4 is 11.2 Å². The zero-order valence-corrected chi connectivity index (χ0v) is 12.9. The fourth-order valence-electron chi connectivity index (χ4n) is 2.11. The van der Waals surface area contributed by atoms with Crippen molar-refractivity contribution < 1.29 is 0 Å². The molecular weight excluding hydrogens is 282 g/mol. The highest BCUT2D eigenvalue weighted by atomic mass is 35.5. The predicted molar refractivity (Wildman–Crippen MR) is 91.5 cm³/mol. The summed E-state index contributed by atoms with van der Waals surface area (Å²) in [5.74, 6) is 0. The van der Waals surface area contributed by atoms with E-state index in [-0.39, 0.29) is 0 Å². The van der Waals surface area contributed by atoms with Crippen LogP contribution in [0.1, 0.15) is 30.5 Å². The Morgan fingerprint density at radius 2 is 1.76 bits per heavy atom. The van der Waals surface area contributed by atoms with E-state index in [1.807, 2.05) is 50.2 Å². The smallest absolute Gasteiger partial charge is 0.0985 e. The Labute approximate surface area is 130 Å². The molecule has 0 bridgehead atoms. The first-order valence-corrected chi connectivity index (χ1v) is 7.22. The van der Waals surface area contributed by atoms with E-state index in [1.54, 1.807) is 6.07 Å². The van der Waals surface area contributed by atoms with Gasteiger partial charge in [0.2, 0.25) is 0 Å². The Hall–Kier alpha value is -2.26. The van der Waals surface area contributed by atoms with Crippen LogP contribution in [-0.4, -0.2) is 5.71 Å². The van der Waals surface area contributed by atoms with Crippen molar-refractivity contribution in [3.63, 3.8) is 0 Å². The van der Waals surface area contributed by atoms with Gasteiger partial charge in [0.15, 0.2) is 0 Å². The molecule has 4 heteroatoms. The molecular formula is C17H18ClN3. The first kappa shape index (κ1) is 15.1. The van der Waals surface area contributed by atoms with Crippen molar-refractivity contribution in [2.45, 2.75) is 13.8 Å². The zero-order chi connectivity index (χ0) is 15.4. The van der Waals surface area contributed by atoms with Crippen LogP contribution in [-0.2, 0) is 0 Å². The number of nitrogens with zero attached hydrogens (tertiary/aromatic N) is 1. The number of halogens is 1. The maximum Gasteiger partial charge on any atom is 0.0985 e. The second kappa shape index (κ2) is 6.46. The number of benzene rings is 2. The summed E-state index contributed by atoms with van der Waals surface area (Å²) in [4.78, 5) is 0. The van der Waals surface area contributed by atoms with Gasteiger partial charge in [0.05, 0.1) is 22.1 Å². The minimum Gasteiger partial charge on any atom is -0.398 e. The molecule has 0 unspecified atom stereocenters. The van der Waals surface area contributed by atoms with Gasteiger partial charge in [-0.3, -0.25) is 5.43 Å². The lowest BCUT2D eigenvalue weighted by atomic mass is 9.95. The van der Waals surface area contributed by atoms with Crippen molar-refractivity contribution in [3.8, 4) is 0 Å². The molecule has 0 amide bonds. The van der Waals surface area contributed by atoms with Gasteiger partial charge in [-0.05, 0) is 12.1 Å². The number of fused-ring (bicyclic) bond motifs is 1. The summed E-state index contributed by atoms with van der Waals surface area (Å²) < 4.78 is 0. The summed E-state index contributed by atoms with van der Waals surface area (Å²) in [6, 6.07) is 13.5. The molecule has 0 radical (unpaired) electrons. The van der Waals surface area contributed by atoms with Gasteiger partial charge >= 0.3 is 0 Å². The number of rotatable bonds is 1. The van der Waals surface area contributed by atoms with Gasteiger partial charge in [0, 0.05) is 16.7 Å². The number of nitrogen functional groups attached to an aromatic ring is 1. The van der Waals surface area contributed by atoms with Gasteiger partial charge in [0.25, 0.3) is 0 Å². The summed E-state index contributed by atoms with van der Waals surface area (Å²) in [5, 5.41) is 4.91. The molecule has 21 heavy (non-hydrogen) atoms. The van der Waals surface area contributed by atoms with Crippen molar-refractivity contribution in [1.82, 2.24) is 5.43 Å². The normalized spacial score (nSPS) is 12.5. The van der Waals surface area contributed by atoms with E-state index in [4.69, 9.17) is 17.3 Å². The van der Waals surface area contributed by atoms with Crippen LogP contribution in [0.5, 0.6) is 0 Å². The third-order valence-electron chi connectivity index (χ3n) is 3.08. The van der Waals surface area contributed by atoms with Crippen LogP contribution >= 0.6 is 11.6 Å². The topological polar surface area (TPSA) is 50.4 Å². The van der Waals surface area contributed by atoms with E-state index < -0.39 is 0 Å². The van der Waals surface area contributed by atoms with Crippen molar-refractivity contribution in [2.24, 2.45) is 5.10 Å². The molecule has 0 aliphatic carbocycles. The van der Waals surface area contributed by atoms with Crippen LogP contribution in [0, 0.1) is 0 Å². The maximum atomic E-state index is 5.95. The van der Waals surface area contributed by atoms with E-state index in [1.165, 1.54) is 0 Å². The average Bonchev–Trinajstić information content (AvgIpc) is 2.53. The molecule has 1 aliphatic heterocycles. The van der Waals surface area contributed by atoms with Crippen LogP contribution in [0.3, 0.4) is 0 Å².